The van der Waals surface area contributed by atoms with E-state index in [1.165, 1.54) is 24.2 Å². The smallest absolute Gasteiger partial charge is 0.123 e. The summed E-state index contributed by atoms with van der Waals surface area (Å²) in [7, 11) is 0. The van der Waals surface area contributed by atoms with E-state index >= 15 is 0 Å². The molecule has 3 rings (SSSR count). The third-order valence-corrected chi connectivity index (χ3v) is 4.60. The van der Waals surface area contributed by atoms with E-state index in [9.17, 15) is 4.39 Å². The second-order valence-electron chi connectivity index (χ2n) is 6.20. The van der Waals surface area contributed by atoms with E-state index in [-0.39, 0.29) is 5.82 Å². The minimum absolute atomic E-state index is 0.158. The molecule has 0 spiro atoms. The van der Waals surface area contributed by atoms with Crippen LogP contribution in [0.25, 0.3) is 0 Å². The number of hydrogen-bond acceptors (Lipinski definition) is 2. The largest absolute Gasteiger partial charge is 0.335 e. The maximum atomic E-state index is 12.9. The molecule has 0 radical (unpaired) electrons. The molecule has 0 saturated carbocycles. The Bertz CT molecular complexity index is 583. The van der Waals surface area contributed by atoms with Crippen LogP contribution in [0.2, 0.25) is 0 Å². The molecular formula is C18H24FN3. The van der Waals surface area contributed by atoms with Crippen molar-refractivity contribution in [2.24, 2.45) is 5.92 Å². The molecule has 2 heterocycles. The Labute approximate surface area is 131 Å². The SMILES string of the molecule is CCc1nccn1CC1CCN(Cc2ccc(F)cc2)CC1. The fourth-order valence-electron chi connectivity index (χ4n) is 3.27. The van der Waals surface area contributed by atoms with Crippen LogP contribution in [0.3, 0.4) is 0 Å². The van der Waals surface area contributed by atoms with Gasteiger partial charge < -0.3 is 4.57 Å². The lowest BCUT2D eigenvalue weighted by Gasteiger charge is -2.32. The van der Waals surface area contributed by atoms with Gasteiger partial charge in [-0.25, -0.2) is 9.37 Å². The van der Waals surface area contributed by atoms with E-state index in [0.717, 1.165) is 38.5 Å². The number of hydrogen-bond donors (Lipinski definition) is 0. The molecular weight excluding hydrogens is 277 g/mol. The molecule has 0 N–H and O–H groups in total. The predicted molar refractivity (Wildman–Crippen MR) is 86.0 cm³/mol. The number of aryl methyl sites for hydroxylation is 1. The normalized spacial score (nSPS) is 17.0. The van der Waals surface area contributed by atoms with E-state index in [2.05, 4.69) is 27.6 Å². The van der Waals surface area contributed by atoms with Crippen LogP contribution in [0.15, 0.2) is 36.7 Å². The van der Waals surface area contributed by atoms with Crippen molar-refractivity contribution < 1.29 is 4.39 Å². The minimum Gasteiger partial charge on any atom is -0.335 e. The monoisotopic (exact) mass is 301 g/mol. The van der Waals surface area contributed by atoms with E-state index < -0.39 is 0 Å². The van der Waals surface area contributed by atoms with Gasteiger partial charge in [-0.15, -0.1) is 0 Å². The highest BCUT2D eigenvalue weighted by atomic mass is 19.1. The first kappa shape index (κ1) is 15.2. The Morgan fingerprint density at radius 3 is 2.59 bits per heavy atom. The highest BCUT2D eigenvalue weighted by molar-refractivity contribution is 5.15. The number of aromatic nitrogens is 2. The van der Waals surface area contributed by atoms with Crippen molar-refractivity contribution >= 4 is 0 Å². The van der Waals surface area contributed by atoms with Crippen LogP contribution in [0.1, 0.15) is 31.2 Å². The van der Waals surface area contributed by atoms with Crippen LogP contribution in [0.5, 0.6) is 0 Å². The predicted octanol–water partition coefficient (Wildman–Crippen LogP) is 3.50. The third kappa shape index (κ3) is 3.74. The molecule has 1 aliphatic heterocycles. The van der Waals surface area contributed by atoms with Gasteiger partial charge >= 0.3 is 0 Å². The van der Waals surface area contributed by atoms with Crippen molar-refractivity contribution in [3.8, 4) is 0 Å². The third-order valence-electron chi connectivity index (χ3n) is 4.60. The summed E-state index contributed by atoms with van der Waals surface area (Å²) in [5.74, 6) is 1.77. The van der Waals surface area contributed by atoms with Crippen LogP contribution >= 0.6 is 0 Å². The number of benzene rings is 1. The molecule has 1 aliphatic rings. The molecule has 0 atom stereocenters. The van der Waals surface area contributed by atoms with Crippen molar-refractivity contribution in [2.75, 3.05) is 13.1 Å². The Hall–Kier alpha value is -1.68. The van der Waals surface area contributed by atoms with Crippen LogP contribution in [-0.2, 0) is 19.5 Å². The Morgan fingerprint density at radius 1 is 1.18 bits per heavy atom. The summed E-state index contributed by atoms with van der Waals surface area (Å²) in [5.41, 5.74) is 1.20. The molecule has 4 heteroatoms. The molecule has 1 fully saturated rings. The average Bonchev–Trinajstić information content (AvgIpc) is 2.99. The molecule has 0 unspecified atom stereocenters. The number of rotatable bonds is 5. The first-order chi connectivity index (χ1) is 10.7. The average molecular weight is 301 g/mol. The quantitative estimate of drug-likeness (QED) is 0.843. The van der Waals surface area contributed by atoms with Crippen LogP contribution in [0, 0.1) is 11.7 Å². The standard InChI is InChI=1S/C18H24FN3/c1-2-18-20-9-12-22(18)14-16-7-10-21(11-8-16)13-15-3-5-17(19)6-4-15/h3-6,9,12,16H,2,7-8,10-11,13-14H2,1H3. The molecule has 118 valence electrons. The summed E-state index contributed by atoms with van der Waals surface area (Å²) in [6, 6.07) is 6.88. The van der Waals surface area contributed by atoms with E-state index in [1.54, 1.807) is 12.1 Å². The van der Waals surface area contributed by atoms with Gasteiger partial charge in [0, 0.05) is 31.9 Å². The molecule has 1 saturated heterocycles. The van der Waals surface area contributed by atoms with E-state index in [1.807, 2.05) is 18.3 Å². The second kappa shape index (κ2) is 7.05. The number of piperidine rings is 1. The second-order valence-corrected chi connectivity index (χ2v) is 6.20. The molecule has 0 bridgehead atoms. The van der Waals surface area contributed by atoms with Crippen molar-refractivity contribution in [2.45, 2.75) is 39.3 Å². The summed E-state index contributed by atoms with van der Waals surface area (Å²) in [6.45, 7) is 6.42. The topological polar surface area (TPSA) is 21.1 Å². The maximum Gasteiger partial charge on any atom is 0.123 e. The van der Waals surface area contributed by atoms with Crippen molar-refractivity contribution in [1.82, 2.24) is 14.5 Å². The highest BCUT2D eigenvalue weighted by Gasteiger charge is 2.20. The Balaban J connectivity index is 1.49. The van der Waals surface area contributed by atoms with Gasteiger partial charge in [-0.3, -0.25) is 4.90 Å². The van der Waals surface area contributed by atoms with Gasteiger partial charge in [0.25, 0.3) is 0 Å². The van der Waals surface area contributed by atoms with Crippen molar-refractivity contribution in [1.29, 1.82) is 0 Å². The zero-order chi connectivity index (χ0) is 15.4. The van der Waals surface area contributed by atoms with Crippen LogP contribution in [0.4, 0.5) is 4.39 Å². The van der Waals surface area contributed by atoms with Gasteiger partial charge in [0.05, 0.1) is 0 Å². The van der Waals surface area contributed by atoms with Crippen LogP contribution < -0.4 is 0 Å². The zero-order valence-electron chi connectivity index (χ0n) is 13.2. The lowest BCUT2D eigenvalue weighted by molar-refractivity contribution is 0.166. The first-order valence-electron chi connectivity index (χ1n) is 8.21. The summed E-state index contributed by atoms with van der Waals surface area (Å²) < 4.78 is 15.2. The Kier molecular flexibility index (Phi) is 4.88. The van der Waals surface area contributed by atoms with E-state index in [4.69, 9.17) is 0 Å². The fraction of sp³-hybridized carbons (Fsp3) is 0.500. The Morgan fingerprint density at radius 2 is 1.91 bits per heavy atom. The fourth-order valence-corrected chi connectivity index (χ4v) is 3.27. The molecule has 0 amide bonds. The van der Waals surface area contributed by atoms with Crippen molar-refractivity contribution in [3.05, 3.63) is 53.9 Å². The van der Waals surface area contributed by atoms with Crippen LogP contribution in [-0.4, -0.2) is 27.5 Å². The van der Waals surface area contributed by atoms with Gasteiger partial charge in [0.15, 0.2) is 0 Å². The lowest BCUT2D eigenvalue weighted by Crippen LogP contribution is -2.34. The van der Waals surface area contributed by atoms with Gasteiger partial charge in [0.2, 0.25) is 0 Å². The van der Waals surface area contributed by atoms with E-state index in [0.29, 0.717) is 0 Å². The summed E-state index contributed by atoms with van der Waals surface area (Å²) in [5, 5.41) is 0. The number of imidazole rings is 1. The molecule has 3 nitrogen and oxygen atoms in total. The van der Waals surface area contributed by atoms with Gasteiger partial charge in [-0.05, 0) is 49.5 Å². The number of nitrogens with zero attached hydrogens (tertiary/aromatic N) is 3. The summed E-state index contributed by atoms with van der Waals surface area (Å²) in [4.78, 5) is 6.87. The van der Waals surface area contributed by atoms with Gasteiger partial charge in [-0.2, -0.15) is 0 Å². The molecule has 2 aromatic rings. The maximum absolute atomic E-state index is 12.9. The highest BCUT2D eigenvalue weighted by Crippen LogP contribution is 2.21. The van der Waals surface area contributed by atoms with Gasteiger partial charge in [0.1, 0.15) is 11.6 Å². The number of halogens is 1. The number of likely N-dealkylation sites (tertiary alicyclic amines) is 1. The summed E-state index contributed by atoms with van der Waals surface area (Å²) >= 11 is 0. The van der Waals surface area contributed by atoms with Gasteiger partial charge in [-0.1, -0.05) is 19.1 Å². The first-order valence-corrected chi connectivity index (χ1v) is 8.21. The lowest BCUT2D eigenvalue weighted by atomic mass is 9.96. The molecule has 0 aliphatic carbocycles. The summed E-state index contributed by atoms with van der Waals surface area (Å²) in [6.07, 6.45) is 7.45. The zero-order valence-corrected chi connectivity index (χ0v) is 13.2. The molecule has 22 heavy (non-hydrogen) atoms. The molecule has 1 aromatic carbocycles. The van der Waals surface area contributed by atoms with Crippen molar-refractivity contribution in [3.63, 3.8) is 0 Å². The minimum atomic E-state index is -0.158. The molecule has 1 aromatic heterocycles.